The Morgan fingerprint density at radius 2 is 1.89 bits per heavy atom. The molecule has 1 aromatic heterocycles. The van der Waals surface area contributed by atoms with Gasteiger partial charge >= 0.3 is 6.01 Å². The third-order valence-corrected chi connectivity index (χ3v) is 8.20. The number of fused-ring (bicyclic) bond motifs is 3. The molecule has 3 saturated heterocycles. The average molecular weight is 514 g/mol. The highest BCUT2D eigenvalue weighted by Crippen LogP contribution is 2.41. The lowest BCUT2D eigenvalue weighted by molar-refractivity contribution is 0.188. The van der Waals surface area contributed by atoms with Gasteiger partial charge in [0.05, 0.1) is 5.02 Å². The van der Waals surface area contributed by atoms with Crippen LogP contribution >= 0.6 is 11.6 Å². The third kappa shape index (κ3) is 4.19. The van der Waals surface area contributed by atoms with Crippen LogP contribution in [0.3, 0.4) is 0 Å². The summed E-state index contributed by atoms with van der Waals surface area (Å²) in [7, 11) is 2.08. The number of likely N-dealkylation sites (N-methyl/N-ethyl adjacent to an activating group) is 1. The summed E-state index contributed by atoms with van der Waals surface area (Å²) >= 11 is 6.64. The first-order valence-electron chi connectivity index (χ1n) is 12.7. The van der Waals surface area contributed by atoms with E-state index in [-0.39, 0.29) is 33.7 Å². The fourth-order valence-corrected chi connectivity index (χ4v) is 6.26. The molecule has 4 heterocycles. The van der Waals surface area contributed by atoms with Crippen LogP contribution in [0.25, 0.3) is 22.0 Å². The molecule has 0 saturated carbocycles. The monoisotopic (exact) mass is 513 g/mol. The Bertz CT molecular complexity index is 1290. The van der Waals surface area contributed by atoms with Crippen molar-refractivity contribution >= 4 is 28.3 Å². The van der Waals surface area contributed by atoms with Crippen LogP contribution in [-0.2, 0) is 0 Å². The van der Waals surface area contributed by atoms with Gasteiger partial charge in [-0.25, -0.2) is 8.78 Å². The molecule has 0 radical (unpaired) electrons. The van der Waals surface area contributed by atoms with Crippen LogP contribution < -0.4 is 15.0 Å². The Balaban J connectivity index is 1.48. The van der Waals surface area contributed by atoms with Gasteiger partial charge in [0.2, 0.25) is 0 Å². The van der Waals surface area contributed by atoms with Gasteiger partial charge in [0.15, 0.2) is 5.82 Å². The van der Waals surface area contributed by atoms with Gasteiger partial charge < -0.3 is 19.9 Å². The molecule has 1 N–H and O–H groups in total. The number of halogens is 3. The number of anilines is 1. The second-order valence-electron chi connectivity index (χ2n) is 10.3. The topological polar surface area (TPSA) is 53.5 Å². The Labute approximate surface area is 214 Å². The van der Waals surface area contributed by atoms with E-state index in [1.54, 1.807) is 25.1 Å². The molecule has 6 rings (SSSR count). The minimum absolute atomic E-state index is 0.0197. The van der Waals surface area contributed by atoms with E-state index in [0.29, 0.717) is 35.5 Å². The van der Waals surface area contributed by atoms with Gasteiger partial charge in [0.25, 0.3) is 0 Å². The molecular formula is C27H30ClF2N5O. The van der Waals surface area contributed by atoms with Gasteiger partial charge in [0, 0.05) is 47.7 Å². The molecule has 3 atom stereocenters. The lowest BCUT2D eigenvalue weighted by Crippen LogP contribution is -2.51. The van der Waals surface area contributed by atoms with Crippen LogP contribution in [0.1, 0.15) is 31.2 Å². The summed E-state index contributed by atoms with van der Waals surface area (Å²) in [4.78, 5) is 13.7. The Kier molecular flexibility index (Phi) is 6.22. The highest BCUT2D eigenvalue weighted by molar-refractivity contribution is 6.34. The number of piperazine rings is 1. The minimum atomic E-state index is -0.657. The molecular weight excluding hydrogens is 484 g/mol. The Morgan fingerprint density at radius 3 is 2.58 bits per heavy atom. The zero-order chi connectivity index (χ0) is 25.0. The van der Waals surface area contributed by atoms with Crippen molar-refractivity contribution in [2.45, 2.75) is 50.7 Å². The average Bonchev–Trinajstić information content (AvgIpc) is 3.42. The number of nitrogens with zero attached hydrogens (tertiary/aromatic N) is 4. The van der Waals surface area contributed by atoms with E-state index in [2.05, 4.69) is 27.1 Å². The number of benzene rings is 2. The molecule has 3 fully saturated rings. The van der Waals surface area contributed by atoms with Gasteiger partial charge in [-0.2, -0.15) is 9.97 Å². The van der Waals surface area contributed by atoms with Crippen molar-refractivity contribution in [1.29, 1.82) is 0 Å². The molecule has 9 heteroatoms. The van der Waals surface area contributed by atoms with Crippen LogP contribution in [0, 0.1) is 18.6 Å². The molecule has 2 aromatic carbocycles. The SMILES string of the molecule is Cc1cccc(F)c1-c1c(Cl)cc2c(N3C[C@@H]4CC[C@@H](C3)N4)nc(OC[C@@H]3CCCN3C)nc2c1F. The predicted octanol–water partition coefficient (Wildman–Crippen LogP) is 4.95. The number of rotatable bonds is 5. The van der Waals surface area contributed by atoms with E-state index in [1.807, 2.05) is 0 Å². The van der Waals surface area contributed by atoms with Crippen molar-refractivity contribution in [1.82, 2.24) is 20.2 Å². The quantitative estimate of drug-likeness (QED) is 0.521. The maximum absolute atomic E-state index is 16.2. The molecule has 0 amide bonds. The largest absolute Gasteiger partial charge is 0.462 e. The van der Waals surface area contributed by atoms with Crippen molar-refractivity contribution in [2.24, 2.45) is 0 Å². The summed E-state index contributed by atoms with van der Waals surface area (Å²) < 4.78 is 37.2. The maximum Gasteiger partial charge on any atom is 0.319 e. The highest BCUT2D eigenvalue weighted by atomic mass is 35.5. The van der Waals surface area contributed by atoms with Crippen LogP contribution in [0.15, 0.2) is 24.3 Å². The summed E-state index contributed by atoms with van der Waals surface area (Å²) in [6.45, 7) is 4.73. The van der Waals surface area contributed by atoms with E-state index in [9.17, 15) is 4.39 Å². The number of likely N-dealkylation sites (tertiary alicyclic amines) is 1. The maximum atomic E-state index is 16.2. The van der Waals surface area contributed by atoms with E-state index >= 15 is 4.39 Å². The van der Waals surface area contributed by atoms with E-state index < -0.39 is 11.6 Å². The lowest BCUT2D eigenvalue weighted by atomic mass is 9.97. The van der Waals surface area contributed by atoms with E-state index in [0.717, 1.165) is 45.3 Å². The summed E-state index contributed by atoms with van der Waals surface area (Å²) in [5, 5.41) is 4.27. The van der Waals surface area contributed by atoms with E-state index in [4.69, 9.17) is 21.3 Å². The Morgan fingerprint density at radius 1 is 1.11 bits per heavy atom. The van der Waals surface area contributed by atoms with Crippen molar-refractivity contribution < 1.29 is 13.5 Å². The number of aromatic nitrogens is 2. The fourth-order valence-electron chi connectivity index (χ4n) is 5.97. The standard InChI is InChI=1S/C27H30ClF2N5O/c1-15-5-3-7-21(29)22(15)23-20(28)11-19-25(24(23)30)32-27(36-14-18-6-4-10-34(18)2)33-26(19)35-12-16-8-9-17(13-35)31-16/h3,5,7,11,16-18,31H,4,6,8-10,12-14H2,1-2H3/t16-,17-,18-/m0/s1. The van der Waals surface area contributed by atoms with Gasteiger partial charge in [-0.15, -0.1) is 0 Å². The number of nitrogens with one attached hydrogen (secondary N) is 1. The van der Waals surface area contributed by atoms with Crippen LogP contribution in [0.4, 0.5) is 14.6 Å². The van der Waals surface area contributed by atoms with Crippen molar-refractivity contribution in [2.75, 3.05) is 38.2 Å². The van der Waals surface area contributed by atoms with Gasteiger partial charge in [-0.05, 0) is 63.9 Å². The predicted molar refractivity (Wildman–Crippen MR) is 138 cm³/mol. The number of aryl methyl sites for hydroxylation is 1. The summed E-state index contributed by atoms with van der Waals surface area (Å²) in [5.74, 6) is -0.565. The normalized spacial score (nSPS) is 24.1. The second-order valence-corrected chi connectivity index (χ2v) is 10.7. The first-order chi connectivity index (χ1) is 17.4. The number of hydrogen-bond acceptors (Lipinski definition) is 6. The molecule has 0 aliphatic carbocycles. The Hall–Kier alpha value is -2.55. The minimum Gasteiger partial charge on any atom is -0.462 e. The first kappa shape index (κ1) is 23.8. The van der Waals surface area contributed by atoms with E-state index in [1.165, 1.54) is 6.07 Å². The first-order valence-corrected chi connectivity index (χ1v) is 13.1. The fraction of sp³-hybridized carbons (Fsp3) is 0.481. The van der Waals surface area contributed by atoms with Crippen molar-refractivity contribution in [3.63, 3.8) is 0 Å². The smallest absolute Gasteiger partial charge is 0.319 e. The molecule has 190 valence electrons. The molecule has 0 unspecified atom stereocenters. The summed E-state index contributed by atoms with van der Waals surface area (Å²) in [6.07, 6.45) is 4.37. The van der Waals surface area contributed by atoms with Gasteiger partial charge in [-0.1, -0.05) is 23.7 Å². The third-order valence-electron chi connectivity index (χ3n) is 7.91. The highest BCUT2D eigenvalue weighted by Gasteiger charge is 2.34. The van der Waals surface area contributed by atoms with Crippen molar-refractivity contribution in [3.8, 4) is 17.1 Å². The summed E-state index contributed by atoms with van der Waals surface area (Å²) in [5.41, 5.74) is 0.871. The second kappa shape index (κ2) is 9.39. The zero-order valence-electron chi connectivity index (χ0n) is 20.5. The van der Waals surface area contributed by atoms with Crippen LogP contribution in [-0.4, -0.2) is 66.3 Å². The zero-order valence-corrected chi connectivity index (χ0v) is 21.3. The van der Waals surface area contributed by atoms with Crippen molar-refractivity contribution in [3.05, 3.63) is 46.5 Å². The van der Waals surface area contributed by atoms with Gasteiger partial charge in [-0.3, -0.25) is 0 Å². The molecule has 6 nitrogen and oxygen atoms in total. The lowest BCUT2D eigenvalue weighted by Gasteiger charge is -2.34. The molecule has 3 aromatic rings. The van der Waals surface area contributed by atoms with Crippen LogP contribution in [0.5, 0.6) is 6.01 Å². The molecule has 3 aliphatic heterocycles. The summed E-state index contributed by atoms with van der Waals surface area (Å²) in [6, 6.07) is 7.48. The molecule has 36 heavy (non-hydrogen) atoms. The van der Waals surface area contributed by atoms with Gasteiger partial charge in [0.1, 0.15) is 23.8 Å². The number of hydrogen-bond donors (Lipinski definition) is 1. The molecule has 2 bridgehead atoms. The van der Waals surface area contributed by atoms with Crippen LogP contribution in [0.2, 0.25) is 5.02 Å². The molecule has 0 spiro atoms. The number of ether oxygens (including phenoxy) is 1. The molecule has 3 aliphatic rings.